The lowest BCUT2D eigenvalue weighted by molar-refractivity contribution is -0.122. The number of hydrogen-bond acceptors (Lipinski definition) is 4. The number of ether oxygens (including phenoxy) is 1. The van der Waals surface area contributed by atoms with Crippen molar-refractivity contribution in [2.75, 3.05) is 19.7 Å². The molecular weight excluding hydrogens is 320 g/mol. The smallest absolute Gasteiger partial charge is 0.257 e. The second kappa shape index (κ2) is 9.04. The van der Waals surface area contributed by atoms with Crippen molar-refractivity contribution in [2.24, 2.45) is 5.92 Å². The van der Waals surface area contributed by atoms with Gasteiger partial charge in [0.15, 0.2) is 0 Å². The fourth-order valence-electron chi connectivity index (χ4n) is 2.82. The largest absolute Gasteiger partial charge is 0.469 e. The third-order valence-electron chi connectivity index (χ3n) is 4.82. The molecule has 0 aromatic carbocycles. The van der Waals surface area contributed by atoms with Crippen LogP contribution in [0.25, 0.3) is 0 Å². The molecular formula is C19H30N2O4. The molecule has 2 atom stereocenters. The first-order valence-electron chi connectivity index (χ1n) is 9.12. The van der Waals surface area contributed by atoms with E-state index in [4.69, 9.17) is 9.15 Å². The van der Waals surface area contributed by atoms with Crippen LogP contribution >= 0.6 is 0 Å². The predicted molar refractivity (Wildman–Crippen MR) is 95.4 cm³/mol. The molecule has 6 heteroatoms. The Bertz CT molecular complexity index is 576. The van der Waals surface area contributed by atoms with E-state index in [0.717, 1.165) is 19.4 Å². The van der Waals surface area contributed by atoms with Gasteiger partial charge in [0, 0.05) is 32.2 Å². The number of hydrogen-bond donors (Lipinski definition) is 1. The SMILES string of the molecule is Cc1occc1C(=O)N(CCC(=O)N[C@H](C)C(C)C)C[C@H]1CCCO1. The Morgan fingerprint density at radius 3 is 2.68 bits per heavy atom. The summed E-state index contributed by atoms with van der Waals surface area (Å²) in [6.07, 6.45) is 3.82. The Balaban J connectivity index is 1.97. The normalized spacial score (nSPS) is 18.4. The summed E-state index contributed by atoms with van der Waals surface area (Å²) < 4.78 is 10.9. The molecule has 0 unspecified atom stereocenters. The van der Waals surface area contributed by atoms with Gasteiger partial charge >= 0.3 is 0 Å². The minimum absolute atomic E-state index is 0.0322. The first-order valence-corrected chi connectivity index (χ1v) is 9.12. The highest BCUT2D eigenvalue weighted by atomic mass is 16.5. The quantitative estimate of drug-likeness (QED) is 0.782. The Morgan fingerprint density at radius 1 is 1.36 bits per heavy atom. The monoisotopic (exact) mass is 350 g/mol. The molecule has 0 aliphatic carbocycles. The van der Waals surface area contributed by atoms with Gasteiger partial charge in [-0.05, 0) is 38.7 Å². The summed E-state index contributed by atoms with van der Waals surface area (Å²) in [5, 5.41) is 2.99. The first kappa shape index (κ1) is 19.5. The van der Waals surface area contributed by atoms with Crippen LogP contribution in [0.5, 0.6) is 0 Å². The van der Waals surface area contributed by atoms with Gasteiger partial charge in [-0.25, -0.2) is 0 Å². The standard InChI is InChI=1S/C19H30N2O4/c1-13(2)14(3)20-18(22)7-9-21(12-16-6-5-10-25-16)19(23)17-8-11-24-15(17)4/h8,11,13-14,16H,5-7,9-10,12H2,1-4H3,(H,20,22)/t14-,16-/m1/s1. The molecule has 1 aliphatic rings. The molecule has 1 fully saturated rings. The summed E-state index contributed by atoms with van der Waals surface area (Å²) in [4.78, 5) is 26.7. The molecule has 1 N–H and O–H groups in total. The molecule has 140 valence electrons. The van der Waals surface area contributed by atoms with Crippen molar-refractivity contribution in [3.05, 3.63) is 23.7 Å². The minimum atomic E-state index is -0.105. The topological polar surface area (TPSA) is 71.8 Å². The Hall–Kier alpha value is -1.82. The fraction of sp³-hybridized carbons (Fsp3) is 0.684. The molecule has 1 aliphatic heterocycles. The molecule has 2 amide bonds. The third-order valence-corrected chi connectivity index (χ3v) is 4.82. The van der Waals surface area contributed by atoms with Crippen molar-refractivity contribution in [3.63, 3.8) is 0 Å². The van der Waals surface area contributed by atoms with Crippen LogP contribution in [-0.4, -0.2) is 48.6 Å². The van der Waals surface area contributed by atoms with Crippen molar-refractivity contribution in [2.45, 2.75) is 59.1 Å². The van der Waals surface area contributed by atoms with Gasteiger partial charge in [-0.3, -0.25) is 9.59 Å². The van der Waals surface area contributed by atoms with E-state index in [1.54, 1.807) is 17.9 Å². The lowest BCUT2D eigenvalue weighted by Crippen LogP contribution is -2.42. The van der Waals surface area contributed by atoms with Gasteiger partial charge in [-0.2, -0.15) is 0 Å². The lowest BCUT2D eigenvalue weighted by Gasteiger charge is -2.26. The summed E-state index contributed by atoms with van der Waals surface area (Å²) in [7, 11) is 0. The van der Waals surface area contributed by atoms with E-state index >= 15 is 0 Å². The molecule has 2 heterocycles. The van der Waals surface area contributed by atoms with Crippen LogP contribution in [0.4, 0.5) is 0 Å². The van der Waals surface area contributed by atoms with Crippen molar-refractivity contribution in [3.8, 4) is 0 Å². The van der Waals surface area contributed by atoms with Crippen LogP contribution in [0, 0.1) is 12.8 Å². The van der Waals surface area contributed by atoms with E-state index in [-0.39, 0.29) is 30.4 Å². The Morgan fingerprint density at radius 2 is 2.12 bits per heavy atom. The van der Waals surface area contributed by atoms with Crippen LogP contribution in [0.2, 0.25) is 0 Å². The molecule has 1 aromatic heterocycles. The van der Waals surface area contributed by atoms with Gasteiger partial charge < -0.3 is 19.4 Å². The Kier molecular flexibility index (Phi) is 7.05. The second-order valence-corrected chi connectivity index (χ2v) is 7.13. The van der Waals surface area contributed by atoms with Gasteiger partial charge in [0.1, 0.15) is 5.76 Å². The maximum absolute atomic E-state index is 12.8. The van der Waals surface area contributed by atoms with Gasteiger partial charge in [0.25, 0.3) is 5.91 Å². The lowest BCUT2D eigenvalue weighted by atomic mass is 10.1. The van der Waals surface area contributed by atoms with Gasteiger partial charge in [-0.1, -0.05) is 13.8 Å². The average molecular weight is 350 g/mol. The van der Waals surface area contributed by atoms with Gasteiger partial charge in [-0.15, -0.1) is 0 Å². The third kappa shape index (κ3) is 5.59. The van der Waals surface area contributed by atoms with E-state index in [2.05, 4.69) is 19.2 Å². The molecule has 6 nitrogen and oxygen atoms in total. The number of furan rings is 1. The summed E-state index contributed by atoms with van der Waals surface area (Å²) in [6.45, 7) is 9.53. The summed E-state index contributed by atoms with van der Waals surface area (Å²) >= 11 is 0. The summed E-state index contributed by atoms with van der Waals surface area (Å²) in [5.41, 5.74) is 0.550. The van der Waals surface area contributed by atoms with Gasteiger partial charge in [0.05, 0.1) is 17.9 Å². The maximum atomic E-state index is 12.8. The van der Waals surface area contributed by atoms with Crippen molar-refractivity contribution in [1.82, 2.24) is 10.2 Å². The van der Waals surface area contributed by atoms with Crippen LogP contribution < -0.4 is 5.32 Å². The molecule has 0 radical (unpaired) electrons. The highest BCUT2D eigenvalue weighted by Crippen LogP contribution is 2.17. The zero-order chi connectivity index (χ0) is 18.4. The van der Waals surface area contributed by atoms with Crippen LogP contribution in [0.3, 0.4) is 0 Å². The van der Waals surface area contributed by atoms with E-state index < -0.39 is 0 Å². The van der Waals surface area contributed by atoms with Crippen molar-refractivity contribution >= 4 is 11.8 Å². The molecule has 25 heavy (non-hydrogen) atoms. The highest BCUT2D eigenvalue weighted by Gasteiger charge is 2.25. The second-order valence-electron chi connectivity index (χ2n) is 7.13. The Labute approximate surface area is 149 Å². The zero-order valence-corrected chi connectivity index (χ0v) is 15.7. The number of aryl methyl sites for hydroxylation is 1. The number of rotatable bonds is 8. The van der Waals surface area contributed by atoms with Crippen LogP contribution in [0.15, 0.2) is 16.7 Å². The molecule has 1 saturated heterocycles. The molecule has 0 bridgehead atoms. The minimum Gasteiger partial charge on any atom is -0.469 e. The van der Waals surface area contributed by atoms with Gasteiger partial charge in [0.2, 0.25) is 5.91 Å². The van der Waals surface area contributed by atoms with Crippen molar-refractivity contribution in [1.29, 1.82) is 0 Å². The first-order chi connectivity index (χ1) is 11.9. The number of nitrogens with one attached hydrogen (secondary N) is 1. The predicted octanol–water partition coefficient (Wildman–Crippen LogP) is 2.76. The summed E-state index contributed by atoms with van der Waals surface area (Å²) in [6, 6.07) is 1.80. The average Bonchev–Trinajstić information content (AvgIpc) is 3.22. The number of carbonyl (C=O) groups is 2. The van der Waals surface area contributed by atoms with E-state index in [9.17, 15) is 9.59 Å². The maximum Gasteiger partial charge on any atom is 0.257 e. The van der Waals surface area contributed by atoms with E-state index in [0.29, 0.717) is 30.3 Å². The zero-order valence-electron chi connectivity index (χ0n) is 15.7. The molecule has 0 saturated carbocycles. The number of amides is 2. The highest BCUT2D eigenvalue weighted by molar-refractivity contribution is 5.95. The van der Waals surface area contributed by atoms with Crippen LogP contribution in [0.1, 0.15) is 56.2 Å². The van der Waals surface area contributed by atoms with E-state index in [1.807, 2.05) is 6.92 Å². The number of carbonyl (C=O) groups excluding carboxylic acids is 2. The molecule has 2 rings (SSSR count). The number of nitrogens with zero attached hydrogens (tertiary/aromatic N) is 1. The molecule has 1 aromatic rings. The van der Waals surface area contributed by atoms with E-state index in [1.165, 1.54) is 6.26 Å². The van der Waals surface area contributed by atoms with Crippen LogP contribution in [-0.2, 0) is 9.53 Å². The van der Waals surface area contributed by atoms with Crippen molar-refractivity contribution < 1.29 is 18.7 Å². The fourth-order valence-corrected chi connectivity index (χ4v) is 2.82. The molecule has 0 spiro atoms. The summed E-state index contributed by atoms with van der Waals surface area (Å²) in [5.74, 6) is 0.837.